The lowest BCUT2D eigenvalue weighted by molar-refractivity contribution is -0.153. The second kappa shape index (κ2) is 7.31. The smallest absolute Gasteiger partial charge is 0.332 e. The number of benzene rings is 1. The van der Waals surface area contributed by atoms with Crippen LogP contribution in [0.4, 0.5) is 8.78 Å². The van der Waals surface area contributed by atoms with Crippen LogP contribution >= 0.6 is 34.8 Å². The second-order valence-corrected chi connectivity index (χ2v) is 6.36. The molecule has 0 aliphatic heterocycles. The van der Waals surface area contributed by atoms with Crippen LogP contribution in [0.25, 0.3) is 0 Å². The van der Waals surface area contributed by atoms with Crippen molar-refractivity contribution in [2.24, 2.45) is 5.92 Å². The molecule has 2 rings (SSSR count). The molecule has 1 aliphatic carbocycles. The van der Waals surface area contributed by atoms with Crippen LogP contribution in [0, 0.1) is 17.6 Å². The topological polar surface area (TPSA) is 72.5 Å². The third-order valence-corrected chi connectivity index (χ3v) is 4.34. The number of rotatable bonds is 6. The third kappa shape index (κ3) is 3.85. The van der Waals surface area contributed by atoms with Gasteiger partial charge in [-0.15, -0.1) is 5.48 Å². The molecule has 1 aliphatic rings. The Balaban J connectivity index is 2.07. The maximum absolute atomic E-state index is 13.7. The predicted molar refractivity (Wildman–Crippen MR) is 82.1 cm³/mol. The summed E-state index contributed by atoms with van der Waals surface area (Å²) in [4.78, 5) is 38.9. The Morgan fingerprint density at radius 1 is 1.12 bits per heavy atom. The lowest BCUT2D eigenvalue weighted by atomic mass is 10.1. The van der Waals surface area contributed by atoms with Crippen LogP contribution in [-0.4, -0.2) is 23.6 Å². The van der Waals surface area contributed by atoms with Crippen molar-refractivity contribution >= 4 is 52.3 Å². The summed E-state index contributed by atoms with van der Waals surface area (Å²) in [5, 5.41) is -2.24. The molecule has 1 saturated carbocycles. The molecule has 0 heterocycles. The first-order valence-corrected chi connectivity index (χ1v) is 7.78. The monoisotopic (exact) mass is 399 g/mol. The Morgan fingerprint density at radius 3 is 2.17 bits per heavy atom. The van der Waals surface area contributed by atoms with Gasteiger partial charge in [-0.3, -0.25) is 9.59 Å². The number of hydrogen-bond donors (Lipinski definition) is 1. The van der Waals surface area contributed by atoms with Crippen molar-refractivity contribution in [3.05, 3.63) is 32.3 Å². The average Bonchev–Trinajstić information content (AvgIpc) is 3.28. The summed E-state index contributed by atoms with van der Waals surface area (Å²) < 4.78 is 27.4. The van der Waals surface area contributed by atoms with Crippen LogP contribution in [-0.2, 0) is 14.4 Å². The molecule has 0 bridgehead atoms. The van der Waals surface area contributed by atoms with E-state index in [2.05, 4.69) is 10.3 Å². The Hall–Kier alpha value is -1.28. The minimum atomic E-state index is -1.28. The maximum Gasteiger partial charge on any atom is 0.332 e. The van der Waals surface area contributed by atoms with E-state index in [4.69, 9.17) is 34.8 Å². The molecule has 10 heteroatoms. The summed E-state index contributed by atoms with van der Waals surface area (Å²) in [5.74, 6) is -5.18. The molecular weight excluding hydrogens is 391 g/mol. The van der Waals surface area contributed by atoms with Gasteiger partial charge in [-0.2, -0.15) is 0 Å². The zero-order valence-corrected chi connectivity index (χ0v) is 14.4. The summed E-state index contributed by atoms with van der Waals surface area (Å²) in [5.41, 5.74) is 1.81. The summed E-state index contributed by atoms with van der Waals surface area (Å²) in [6, 6.07) is -0.567. The predicted octanol–water partition coefficient (Wildman–Crippen LogP) is 3.52. The number of hydrogen-bond acceptors (Lipinski definition) is 5. The molecule has 2 atom stereocenters. The molecule has 0 saturated heterocycles. The van der Waals surface area contributed by atoms with E-state index in [0.717, 1.165) is 0 Å². The minimum absolute atomic E-state index is 0.241. The molecule has 0 amide bonds. The quantitative estimate of drug-likeness (QED) is 0.260. The van der Waals surface area contributed by atoms with Gasteiger partial charge in [0.2, 0.25) is 0 Å². The Bertz CT molecular complexity index is 712. The fourth-order valence-electron chi connectivity index (χ4n) is 2.00. The van der Waals surface area contributed by atoms with Gasteiger partial charge in [0.05, 0.1) is 21.7 Å². The lowest BCUT2D eigenvalue weighted by Gasteiger charge is -2.10. The first kappa shape index (κ1) is 19.1. The summed E-state index contributed by atoms with van der Waals surface area (Å²) in [6.45, 7) is 1.22. The highest BCUT2D eigenvalue weighted by atomic mass is 35.5. The molecule has 1 fully saturated rings. The number of carbonyl (C=O) groups excluding carboxylic acids is 3. The molecule has 2 unspecified atom stereocenters. The average molecular weight is 401 g/mol. The van der Waals surface area contributed by atoms with Crippen molar-refractivity contribution < 1.29 is 28.0 Å². The highest BCUT2D eigenvalue weighted by molar-refractivity contribution is 6.42. The number of Topliss-reactive ketones (excluding diaryl/α,β-unsaturated/α-hetero) is 2. The van der Waals surface area contributed by atoms with E-state index in [0.29, 0.717) is 0 Å². The second-order valence-electron chi connectivity index (χ2n) is 5.23. The van der Waals surface area contributed by atoms with Gasteiger partial charge in [0, 0.05) is 5.92 Å². The molecule has 0 spiro atoms. The van der Waals surface area contributed by atoms with Gasteiger partial charge in [0.25, 0.3) is 0 Å². The molecule has 1 aromatic carbocycles. The Labute approximate surface area is 150 Å². The highest BCUT2D eigenvalue weighted by Crippen LogP contribution is 2.41. The van der Waals surface area contributed by atoms with Crippen molar-refractivity contribution in [3.8, 4) is 0 Å². The van der Waals surface area contributed by atoms with Crippen LogP contribution in [0.3, 0.4) is 0 Å². The minimum Gasteiger partial charge on any atom is -0.370 e. The van der Waals surface area contributed by atoms with Gasteiger partial charge in [-0.1, -0.05) is 34.8 Å². The van der Waals surface area contributed by atoms with Crippen molar-refractivity contribution in [2.45, 2.75) is 25.8 Å². The summed E-state index contributed by atoms with van der Waals surface area (Å²) in [7, 11) is 0. The molecule has 1 N–H and O–H groups in total. The van der Waals surface area contributed by atoms with Crippen LogP contribution in [0.2, 0.25) is 15.1 Å². The molecule has 0 aromatic heterocycles. The zero-order chi connectivity index (χ0) is 18.2. The standard InChI is InChI=1S/C14H10Cl3F2NO4/c1-4(21)2-7(22)24-20-6-3-5(6)14(23)8-9(15)12(18)11(17)13(19)10(8)16/h5-6,20H,2-3H2,1H3. The van der Waals surface area contributed by atoms with E-state index in [1.165, 1.54) is 6.92 Å². The first-order chi connectivity index (χ1) is 11.1. The van der Waals surface area contributed by atoms with Gasteiger partial charge < -0.3 is 4.84 Å². The van der Waals surface area contributed by atoms with E-state index in [1.54, 1.807) is 0 Å². The fraction of sp³-hybridized carbons (Fsp3) is 0.357. The van der Waals surface area contributed by atoms with Gasteiger partial charge in [0.1, 0.15) is 17.2 Å². The number of carbonyl (C=O) groups is 3. The zero-order valence-electron chi connectivity index (χ0n) is 12.1. The van der Waals surface area contributed by atoms with Crippen LogP contribution in [0.1, 0.15) is 30.1 Å². The number of halogens is 5. The number of hydroxylamine groups is 1. The van der Waals surface area contributed by atoms with Gasteiger partial charge >= 0.3 is 5.97 Å². The van der Waals surface area contributed by atoms with E-state index >= 15 is 0 Å². The van der Waals surface area contributed by atoms with Crippen molar-refractivity contribution in [1.29, 1.82) is 0 Å². The molecule has 24 heavy (non-hydrogen) atoms. The molecule has 1 aromatic rings. The summed E-state index contributed by atoms with van der Waals surface area (Å²) in [6.07, 6.45) is -0.172. The van der Waals surface area contributed by atoms with E-state index in [1.807, 2.05) is 0 Å². The van der Waals surface area contributed by atoms with Crippen molar-refractivity contribution in [3.63, 3.8) is 0 Å². The third-order valence-electron chi connectivity index (χ3n) is 3.30. The lowest BCUT2D eigenvalue weighted by Crippen LogP contribution is -2.26. The van der Waals surface area contributed by atoms with E-state index < -0.39 is 62.4 Å². The molecule has 0 radical (unpaired) electrons. The molecular formula is C14H10Cl3F2NO4. The normalized spacial score (nSPS) is 19.1. The molecule has 130 valence electrons. The van der Waals surface area contributed by atoms with E-state index in [9.17, 15) is 23.2 Å². The number of nitrogens with one attached hydrogen (secondary N) is 1. The van der Waals surface area contributed by atoms with E-state index in [-0.39, 0.29) is 12.2 Å². The molecule has 5 nitrogen and oxygen atoms in total. The van der Waals surface area contributed by atoms with Crippen molar-refractivity contribution in [1.82, 2.24) is 5.48 Å². The largest absolute Gasteiger partial charge is 0.370 e. The fourth-order valence-corrected chi connectivity index (χ4v) is 2.90. The SMILES string of the molecule is CC(=O)CC(=O)ONC1CC1C(=O)c1c(Cl)c(F)c(Cl)c(F)c1Cl. The van der Waals surface area contributed by atoms with Crippen LogP contribution < -0.4 is 5.48 Å². The van der Waals surface area contributed by atoms with Gasteiger partial charge in [-0.05, 0) is 13.3 Å². The maximum atomic E-state index is 13.7. The first-order valence-electron chi connectivity index (χ1n) is 6.65. The van der Waals surface area contributed by atoms with Gasteiger partial charge in [-0.25, -0.2) is 13.6 Å². The Morgan fingerprint density at radius 2 is 1.67 bits per heavy atom. The Kier molecular flexibility index (Phi) is 5.80. The van der Waals surface area contributed by atoms with Crippen molar-refractivity contribution in [2.75, 3.05) is 0 Å². The summed E-state index contributed by atoms with van der Waals surface area (Å²) >= 11 is 16.8. The highest BCUT2D eigenvalue weighted by Gasteiger charge is 2.46. The van der Waals surface area contributed by atoms with Crippen LogP contribution in [0.15, 0.2) is 0 Å². The number of ketones is 2. The van der Waals surface area contributed by atoms with Crippen LogP contribution in [0.5, 0.6) is 0 Å². The van der Waals surface area contributed by atoms with Gasteiger partial charge in [0.15, 0.2) is 17.4 Å².